The Morgan fingerprint density at radius 3 is 2.85 bits per heavy atom. The van der Waals surface area contributed by atoms with E-state index in [1.165, 1.54) is 5.56 Å². The number of hydrogen-bond acceptors (Lipinski definition) is 1. The first kappa shape index (κ1) is 9.72. The Bertz CT molecular complexity index is 300. The molecule has 0 aliphatic carbocycles. The fraction of sp³-hybridized carbons (Fsp3) is 0.250. The number of aliphatic imine (C=N–C) groups is 1. The zero-order chi connectivity index (χ0) is 9.52. The van der Waals surface area contributed by atoms with Crippen LogP contribution >= 0.6 is 0 Å². The van der Waals surface area contributed by atoms with Gasteiger partial charge in [0.1, 0.15) is 0 Å². The summed E-state index contributed by atoms with van der Waals surface area (Å²) in [5, 5.41) is 0. The van der Waals surface area contributed by atoms with Crippen LogP contribution < -0.4 is 0 Å². The second-order valence-corrected chi connectivity index (χ2v) is 2.84. The van der Waals surface area contributed by atoms with Gasteiger partial charge in [-0.25, -0.2) is 0 Å². The van der Waals surface area contributed by atoms with Crippen LogP contribution in [-0.4, -0.2) is 6.21 Å². The van der Waals surface area contributed by atoms with Gasteiger partial charge in [-0.1, -0.05) is 31.2 Å². The van der Waals surface area contributed by atoms with E-state index < -0.39 is 0 Å². The third kappa shape index (κ3) is 2.86. The van der Waals surface area contributed by atoms with Gasteiger partial charge < -0.3 is 0 Å². The van der Waals surface area contributed by atoms with Crippen LogP contribution in [0.1, 0.15) is 18.9 Å². The summed E-state index contributed by atoms with van der Waals surface area (Å²) in [5.74, 6) is 0. The fourth-order valence-electron chi connectivity index (χ4n) is 1.15. The van der Waals surface area contributed by atoms with Crippen LogP contribution in [0.2, 0.25) is 0 Å². The minimum atomic E-state index is 0.886. The molecular weight excluding hydrogens is 158 g/mol. The van der Waals surface area contributed by atoms with Gasteiger partial charge in [0, 0.05) is 6.21 Å². The molecule has 68 valence electrons. The summed E-state index contributed by atoms with van der Waals surface area (Å²) in [6.07, 6.45) is 5.70. The highest BCUT2D eigenvalue weighted by Gasteiger charge is 1.95. The molecule has 0 bridgehead atoms. The number of benzene rings is 1. The monoisotopic (exact) mass is 173 g/mol. The summed E-state index contributed by atoms with van der Waals surface area (Å²) in [6.45, 7) is 5.81. The molecule has 0 unspecified atom stereocenters. The lowest BCUT2D eigenvalue weighted by molar-refractivity contribution is 1.24. The third-order valence-electron chi connectivity index (χ3n) is 1.77. The van der Waals surface area contributed by atoms with E-state index in [1.54, 1.807) is 0 Å². The van der Waals surface area contributed by atoms with Crippen molar-refractivity contribution in [3.8, 4) is 0 Å². The molecule has 0 saturated heterocycles. The van der Waals surface area contributed by atoms with Gasteiger partial charge in [0.05, 0.1) is 5.69 Å². The first-order valence-electron chi connectivity index (χ1n) is 4.59. The molecule has 1 aromatic rings. The van der Waals surface area contributed by atoms with Crippen LogP contribution in [-0.2, 0) is 6.42 Å². The van der Waals surface area contributed by atoms with Crippen LogP contribution in [0.3, 0.4) is 0 Å². The predicted molar refractivity (Wildman–Crippen MR) is 58.8 cm³/mol. The predicted octanol–water partition coefficient (Wildman–Crippen LogP) is 3.53. The van der Waals surface area contributed by atoms with Crippen molar-refractivity contribution in [3.05, 3.63) is 42.5 Å². The van der Waals surface area contributed by atoms with E-state index in [2.05, 4.69) is 24.6 Å². The molecule has 1 heteroatoms. The van der Waals surface area contributed by atoms with Gasteiger partial charge >= 0.3 is 0 Å². The second kappa shape index (κ2) is 5.31. The number of rotatable bonds is 4. The highest BCUT2D eigenvalue weighted by Crippen LogP contribution is 2.18. The first-order chi connectivity index (χ1) is 6.38. The smallest absolute Gasteiger partial charge is 0.0660 e. The Morgan fingerprint density at radius 1 is 1.38 bits per heavy atom. The maximum absolute atomic E-state index is 4.37. The van der Waals surface area contributed by atoms with E-state index in [4.69, 9.17) is 0 Å². The van der Waals surface area contributed by atoms with Gasteiger partial charge in [-0.2, -0.15) is 0 Å². The Labute approximate surface area is 79.8 Å². The maximum Gasteiger partial charge on any atom is 0.0660 e. The summed E-state index contributed by atoms with van der Waals surface area (Å²) in [7, 11) is 0. The van der Waals surface area contributed by atoms with Crippen molar-refractivity contribution >= 4 is 11.9 Å². The molecule has 0 amide bonds. The molecule has 0 heterocycles. The maximum atomic E-state index is 4.37. The largest absolute Gasteiger partial charge is 0.261 e. The molecule has 1 nitrogen and oxygen atoms in total. The highest BCUT2D eigenvalue weighted by atomic mass is 14.7. The molecule has 0 aromatic heterocycles. The molecule has 0 aliphatic heterocycles. The highest BCUT2D eigenvalue weighted by molar-refractivity contribution is 5.64. The standard InChI is InChI=1S/C12H15N/c1-3-7-11-8-5-6-9-12(11)13-10-4-2/h3,5-6,8-10H,1,4,7H2,2H3. The first-order valence-corrected chi connectivity index (χ1v) is 4.59. The molecule has 0 N–H and O–H groups in total. The number of allylic oxidation sites excluding steroid dienone is 1. The molecule has 0 saturated carbocycles. The summed E-state index contributed by atoms with van der Waals surface area (Å²) in [6, 6.07) is 8.16. The lowest BCUT2D eigenvalue weighted by atomic mass is 10.1. The van der Waals surface area contributed by atoms with Crippen molar-refractivity contribution in [3.63, 3.8) is 0 Å². The molecule has 0 fully saturated rings. The van der Waals surface area contributed by atoms with E-state index >= 15 is 0 Å². The minimum Gasteiger partial charge on any atom is -0.261 e. The van der Waals surface area contributed by atoms with Crippen LogP contribution in [0.4, 0.5) is 5.69 Å². The van der Waals surface area contributed by atoms with E-state index in [1.807, 2.05) is 30.5 Å². The van der Waals surface area contributed by atoms with Crippen molar-refractivity contribution < 1.29 is 0 Å². The van der Waals surface area contributed by atoms with Crippen molar-refractivity contribution in [1.82, 2.24) is 0 Å². The van der Waals surface area contributed by atoms with Gasteiger partial charge in [0.2, 0.25) is 0 Å². The van der Waals surface area contributed by atoms with Crippen LogP contribution in [0.5, 0.6) is 0 Å². The molecule has 0 aliphatic rings. The minimum absolute atomic E-state index is 0.886. The molecule has 0 radical (unpaired) electrons. The Balaban J connectivity index is 2.90. The number of hydrogen-bond donors (Lipinski definition) is 0. The average molecular weight is 173 g/mol. The van der Waals surface area contributed by atoms with E-state index in [9.17, 15) is 0 Å². The Morgan fingerprint density at radius 2 is 2.15 bits per heavy atom. The second-order valence-electron chi connectivity index (χ2n) is 2.84. The van der Waals surface area contributed by atoms with Crippen LogP contribution in [0.25, 0.3) is 0 Å². The Hall–Kier alpha value is -1.37. The van der Waals surface area contributed by atoms with E-state index in [-0.39, 0.29) is 0 Å². The molecule has 0 spiro atoms. The summed E-state index contributed by atoms with van der Waals surface area (Å²) < 4.78 is 0. The zero-order valence-corrected chi connectivity index (χ0v) is 8.03. The number of nitrogens with zero attached hydrogens (tertiary/aromatic N) is 1. The van der Waals surface area contributed by atoms with Crippen molar-refractivity contribution in [2.45, 2.75) is 19.8 Å². The normalized spacial score (nSPS) is 10.5. The van der Waals surface area contributed by atoms with E-state index in [0.29, 0.717) is 0 Å². The molecule has 1 aromatic carbocycles. The molecule has 13 heavy (non-hydrogen) atoms. The summed E-state index contributed by atoms with van der Waals surface area (Å²) in [4.78, 5) is 4.37. The quantitative estimate of drug-likeness (QED) is 0.488. The van der Waals surface area contributed by atoms with Gasteiger partial charge in [0.15, 0.2) is 0 Å². The lowest BCUT2D eigenvalue weighted by Crippen LogP contribution is -1.81. The summed E-state index contributed by atoms with van der Waals surface area (Å²) >= 11 is 0. The van der Waals surface area contributed by atoms with Gasteiger partial charge in [-0.3, -0.25) is 4.99 Å². The molecule has 1 rings (SSSR count). The summed E-state index contributed by atoms with van der Waals surface area (Å²) in [5.41, 5.74) is 2.30. The van der Waals surface area contributed by atoms with Gasteiger partial charge in [-0.15, -0.1) is 6.58 Å². The Kier molecular flexibility index (Phi) is 3.97. The molecular formula is C12H15N. The average Bonchev–Trinajstić information content (AvgIpc) is 2.17. The number of para-hydroxylation sites is 1. The van der Waals surface area contributed by atoms with Crippen LogP contribution in [0, 0.1) is 0 Å². The SMILES string of the molecule is C=CCc1ccccc1N=CCC. The van der Waals surface area contributed by atoms with Crippen molar-refractivity contribution in [2.24, 2.45) is 4.99 Å². The fourth-order valence-corrected chi connectivity index (χ4v) is 1.15. The van der Waals surface area contributed by atoms with Crippen molar-refractivity contribution in [1.29, 1.82) is 0 Å². The van der Waals surface area contributed by atoms with Crippen molar-refractivity contribution in [2.75, 3.05) is 0 Å². The molecule has 0 atom stereocenters. The van der Waals surface area contributed by atoms with Crippen LogP contribution in [0.15, 0.2) is 41.9 Å². The zero-order valence-electron chi connectivity index (χ0n) is 8.03. The van der Waals surface area contributed by atoms with E-state index in [0.717, 1.165) is 18.5 Å². The third-order valence-corrected chi connectivity index (χ3v) is 1.77. The topological polar surface area (TPSA) is 12.4 Å². The van der Waals surface area contributed by atoms with Gasteiger partial charge in [0.25, 0.3) is 0 Å². The van der Waals surface area contributed by atoms with Gasteiger partial charge in [-0.05, 0) is 24.5 Å². The lowest BCUT2D eigenvalue weighted by Gasteiger charge is -2.00.